The van der Waals surface area contributed by atoms with E-state index in [0.29, 0.717) is 6.54 Å². The quantitative estimate of drug-likeness (QED) is 0.900. The highest BCUT2D eigenvalue weighted by atomic mass is 16.6. The van der Waals surface area contributed by atoms with Crippen molar-refractivity contribution in [2.45, 2.75) is 38.3 Å². The molecule has 4 nitrogen and oxygen atoms in total. The maximum absolute atomic E-state index is 12.2. The van der Waals surface area contributed by atoms with E-state index in [9.17, 15) is 4.79 Å². The number of carbonyl (C=O) groups excluding carboxylic acids is 1. The summed E-state index contributed by atoms with van der Waals surface area (Å²) in [4.78, 5) is 14.0. The van der Waals surface area contributed by atoms with Crippen molar-refractivity contribution in [3.63, 3.8) is 0 Å². The van der Waals surface area contributed by atoms with E-state index in [4.69, 9.17) is 4.74 Å². The van der Waals surface area contributed by atoms with Gasteiger partial charge in [-0.15, -0.1) is 0 Å². The summed E-state index contributed by atoms with van der Waals surface area (Å²) in [5, 5.41) is 3.38. The van der Waals surface area contributed by atoms with E-state index >= 15 is 0 Å². The van der Waals surface area contributed by atoms with Crippen LogP contribution in [0.1, 0.15) is 30.4 Å². The van der Waals surface area contributed by atoms with Crippen molar-refractivity contribution in [2.75, 3.05) is 19.6 Å². The first-order valence-electron chi connectivity index (χ1n) is 7.42. The number of benzene rings is 1. The molecule has 0 aliphatic carbocycles. The van der Waals surface area contributed by atoms with Gasteiger partial charge < -0.3 is 10.1 Å². The highest BCUT2D eigenvalue weighted by Crippen LogP contribution is 2.32. The Kier molecular flexibility index (Phi) is 3.66. The zero-order chi connectivity index (χ0) is 14.0. The van der Waals surface area contributed by atoms with Crippen LogP contribution in [0.25, 0.3) is 0 Å². The SMILES string of the molecule is Cc1ccccc1CN1CC2(CCCNCC2)OC1=O. The Morgan fingerprint density at radius 3 is 3.00 bits per heavy atom. The first-order chi connectivity index (χ1) is 9.69. The second-order valence-electron chi connectivity index (χ2n) is 5.94. The molecule has 2 aliphatic heterocycles. The molecule has 4 heteroatoms. The summed E-state index contributed by atoms with van der Waals surface area (Å²) in [5.41, 5.74) is 2.17. The van der Waals surface area contributed by atoms with Gasteiger partial charge in [-0.3, -0.25) is 4.90 Å². The third-order valence-corrected chi connectivity index (χ3v) is 4.41. The molecule has 0 bridgehead atoms. The van der Waals surface area contributed by atoms with Crippen LogP contribution in [0.5, 0.6) is 0 Å². The molecule has 1 unspecified atom stereocenters. The first kappa shape index (κ1) is 13.4. The lowest BCUT2D eigenvalue weighted by atomic mass is 9.94. The van der Waals surface area contributed by atoms with E-state index in [2.05, 4.69) is 24.4 Å². The van der Waals surface area contributed by atoms with Crippen molar-refractivity contribution in [3.8, 4) is 0 Å². The molecule has 0 aromatic heterocycles. The van der Waals surface area contributed by atoms with Crippen LogP contribution < -0.4 is 5.32 Å². The van der Waals surface area contributed by atoms with Crippen LogP contribution in [-0.4, -0.2) is 36.2 Å². The van der Waals surface area contributed by atoms with Crippen LogP contribution in [-0.2, 0) is 11.3 Å². The summed E-state index contributed by atoms with van der Waals surface area (Å²) >= 11 is 0. The van der Waals surface area contributed by atoms with Gasteiger partial charge in [0.15, 0.2) is 0 Å². The Bertz CT molecular complexity index is 493. The van der Waals surface area contributed by atoms with Gasteiger partial charge in [-0.05, 0) is 44.0 Å². The third-order valence-electron chi connectivity index (χ3n) is 4.41. The van der Waals surface area contributed by atoms with Crippen LogP contribution in [0.4, 0.5) is 4.79 Å². The van der Waals surface area contributed by atoms with Crippen molar-refractivity contribution >= 4 is 6.09 Å². The molecule has 20 heavy (non-hydrogen) atoms. The number of nitrogens with one attached hydrogen (secondary N) is 1. The Balaban J connectivity index is 1.72. The van der Waals surface area contributed by atoms with Crippen molar-refractivity contribution in [2.24, 2.45) is 0 Å². The lowest BCUT2D eigenvalue weighted by Gasteiger charge is -2.24. The number of nitrogens with zero attached hydrogens (tertiary/aromatic N) is 1. The second kappa shape index (κ2) is 5.44. The molecule has 1 aromatic rings. The Morgan fingerprint density at radius 2 is 2.15 bits per heavy atom. The van der Waals surface area contributed by atoms with Crippen LogP contribution in [0.3, 0.4) is 0 Å². The molecule has 108 valence electrons. The molecule has 2 fully saturated rings. The minimum absolute atomic E-state index is 0.157. The topological polar surface area (TPSA) is 41.6 Å². The molecule has 3 rings (SSSR count). The van der Waals surface area contributed by atoms with Gasteiger partial charge in [0.1, 0.15) is 5.60 Å². The van der Waals surface area contributed by atoms with E-state index in [0.717, 1.165) is 38.9 Å². The zero-order valence-electron chi connectivity index (χ0n) is 12.0. The van der Waals surface area contributed by atoms with Crippen molar-refractivity contribution in [1.29, 1.82) is 0 Å². The molecule has 1 amide bonds. The molecule has 0 saturated carbocycles. The van der Waals surface area contributed by atoms with Crippen LogP contribution in [0, 0.1) is 6.92 Å². The molecule has 1 N–H and O–H groups in total. The number of carbonyl (C=O) groups is 1. The largest absolute Gasteiger partial charge is 0.441 e. The molecule has 2 heterocycles. The minimum atomic E-state index is -0.261. The van der Waals surface area contributed by atoms with E-state index in [1.54, 1.807) is 0 Å². The fraction of sp³-hybridized carbons (Fsp3) is 0.562. The molecule has 0 radical (unpaired) electrons. The highest BCUT2D eigenvalue weighted by molar-refractivity contribution is 5.70. The fourth-order valence-electron chi connectivity index (χ4n) is 3.17. The van der Waals surface area contributed by atoms with Gasteiger partial charge in [0.2, 0.25) is 0 Å². The Hall–Kier alpha value is -1.55. The van der Waals surface area contributed by atoms with Gasteiger partial charge >= 0.3 is 6.09 Å². The van der Waals surface area contributed by atoms with Gasteiger partial charge in [0.05, 0.1) is 6.54 Å². The van der Waals surface area contributed by atoms with E-state index < -0.39 is 0 Å². The maximum atomic E-state index is 12.2. The lowest BCUT2D eigenvalue weighted by Crippen LogP contribution is -2.35. The van der Waals surface area contributed by atoms with Crippen LogP contribution in [0.15, 0.2) is 24.3 Å². The minimum Gasteiger partial charge on any atom is -0.441 e. The number of rotatable bonds is 2. The third kappa shape index (κ3) is 2.66. The van der Waals surface area contributed by atoms with E-state index in [-0.39, 0.29) is 11.7 Å². The molecule has 1 atom stereocenters. The van der Waals surface area contributed by atoms with E-state index in [1.807, 2.05) is 17.0 Å². The van der Waals surface area contributed by atoms with Gasteiger partial charge in [-0.2, -0.15) is 0 Å². The highest BCUT2D eigenvalue weighted by Gasteiger charge is 2.44. The zero-order valence-corrected chi connectivity index (χ0v) is 12.0. The summed E-state index contributed by atoms with van der Waals surface area (Å²) in [6.45, 7) is 5.42. The summed E-state index contributed by atoms with van der Waals surface area (Å²) in [5.74, 6) is 0. The average molecular weight is 274 g/mol. The fourth-order valence-corrected chi connectivity index (χ4v) is 3.17. The molecular formula is C16H22N2O2. The summed E-state index contributed by atoms with van der Waals surface area (Å²) < 4.78 is 5.74. The molecule has 1 aromatic carbocycles. The number of hydrogen-bond acceptors (Lipinski definition) is 3. The Morgan fingerprint density at radius 1 is 1.30 bits per heavy atom. The molecule has 1 spiro atoms. The molecule has 2 saturated heterocycles. The van der Waals surface area contributed by atoms with Gasteiger partial charge in [-0.25, -0.2) is 4.79 Å². The smallest absolute Gasteiger partial charge is 0.410 e. The van der Waals surface area contributed by atoms with Crippen molar-refractivity contribution < 1.29 is 9.53 Å². The first-order valence-corrected chi connectivity index (χ1v) is 7.42. The number of ether oxygens (including phenoxy) is 1. The maximum Gasteiger partial charge on any atom is 0.410 e. The second-order valence-corrected chi connectivity index (χ2v) is 5.94. The molecular weight excluding hydrogens is 252 g/mol. The normalized spacial score (nSPS) is 26.6. The average Bonchev–Trinajstić information content (AvgIpc) is 2.61. The summed E-state index contributed by atoms with van der Waals surface area (Å²) in [6, 6.07) is 8.22. The van der Waals surface area contributed by atoms with Crippen molar-refractivity contribution in [3.05, 3.63) is 35.4 Å². The van der Waals surface area contributed by atoms with Gasteiger partial charge in [0.25, 0.3) is 0 Å². The van der Waals surface area contributed by atoms with Gasteiger partial charge in [-0.1, -0.05) is 24.3 Å². The Labute approximate surface area is 120 Å². The van der Waals surface area contributed by atoms with Crippen LogP contribution >= 0.6 is 0 Å². The number of hydrogen-bond donors (Lipinski definition) is 1. The lowest BCUT2D eigenvalue weighted by molar-refractivity contribution is 0.0469. The monoisotopic (exact) mass is 274 g/mol. The van der Waals surface area contributed by atoms with Crippen LogP contribution in [0.2, 0.25) is 0 Å². The summed E-state index contributed by atoms with van der Waals surface area (Å²) in [6.07, 6.45) is 2.81. The predicted octanol–water partition coefficient (Wildman–Crippen LogP) is 2.46. The predicted molar refractivity (Wildman–Crippen MR) is 77.5 cm³/mol. The number of aryl methyl sites for hydroxylation is 1. The van der Waals surface area contributed by atoms with Crippen molar-refractivity contribution in [1.82, 2.24) is 10.2 Å². The van der Waals surface area contributed by atoms with E-state index in [1.165, 1.54) is 11.1 Å². The standard InChI is InChI=1S/C16H22N2O2/c1-13-5-2-3-6-14(13)11-18-12-16(20-15(18)19)7-4-9-17-10-8-16/h2-3,5-6,17H,4,7-12H2,1H3. The van der Waals surface area contributed by atoms with Gasteiger partial charge in [0, 0.05) is 13.0 Å². The number of amides is 1. The molecule has 2 aliphatic rings. The summed E-state index contributed by atoms with van der Waals surface area (Å²) in [7, 11) is 0.